The molecule has 1 aromatic carbocycles. The maximum Gasteiger partial charge on any atom is 0.322 e. The van der Waals surface area contributed by atoms with Crippen molar-refractivity contribution < 1.29 is 13.8 Å². The third-order valence-corrected chi connectivity index (χ3v) is 5.66. The Morgan fingerprint density at radius 1 is 1.17 bits per heavy atom. The number of nitrogens with one attached hydrogen (secondary N) is 1. The number of hydrogen-bond donors (Lipinski definition) is 1. The van der Waals surface area contributed by atoms with Crippen LogP contribution in [-0.2, 0) is 6.42 Å². The number of aryl methyl sites for hydroxylation is 3. The number of benzene rings is 1. The van der Waals surface area contributed by atoms with Gasteiger partial charge >= 0.3 is 6.03 Å². The lowest BCUT2D eigenvalue weighted by Gasteiger charge is -2.24. The van der Waals surface area contributed by atoms with Gasteiger partial charge in [-0.3, -0.25) is 0 Å². The quantitative estimate of drug-likeness (QED) is 0.634. The largest absolute Gasteiger partial charge is 0.361 e. The van der Waals surface area contributed by atoms with Crippen LogP contribution in [0.4, 0.5) is 10.5 Å². The number of amides is 2. The van der Waals surface area contributed by atoms with Crippen LogP contribution in [0.3, 0.4) is 0 Å². The molecule has 7 nitrogen and oxygen atoms in total. The Morgan fingerprint density at radius 3 is 2.59 bits per heavy atom. The summed E-state index contributed by atoms with van der Waals surface area (Å²) in [6.45, 7) is 6.15. The Bertz CT molecular complexity index is 1010. The van der Waals surface area contributed by atoms with E-state index in [2.05, 4.69) is 15.6 Å². The molecule has 0 saturated carbocycles. The van der Waals surface area contributed by atoms with Crippen LogP contribution in [0.15, 0.2) is 33.3 Å². The molecular formula is C21H23ClN4O3. The normalized spacial score (nSPS) is 16.4. The Kier molecular flexibility index (Phi) is 5.32. The minimum absolute atomic E-state index is 0.129. The van der Waals surface area contributed by atoms with Crippen LogP contribution in [0.5, 0.6) is 0 Å². The average molecular weight is 415 g/mol. The van der Waals surface area contributed by atoms with Crippen molar-refractivity contribution in [1.29, 1.82) is 0 Å². The number of carbonyl (C=O) groups is 1. The first-order valence-corrected chi connectivity index (χ1v) is 10.0. The van der Waals surface area contributed by atoms with Crippen molar-refractivity contribution in [3.05, 3.63) is 63.3 Å². The summed E-state index contributed by atoms with van der Waals surface area (Å²) in [6, 6.07) is 7.43. The Hall–Kier alpha value is -2.80. The standard InChI is InChI=1S/C21H23ClN4O3/c1-12-19(14(3)29-24-12)23-21(27)26-10-4-5-18(26)20-17(13(2)28-25-20)11-15-6-8-16(22)9-7-15/h6-9,18H,4-5,10-11H2,1-3H3,(H,23,27). The van der Waals surface area contributed by atoms with E-state index in [1.54, 1.807) is 13.8 Å². The van der Waals surface area contributed by atoms with E-state index in [9.17, 15) is 4.79 Å². The van der Waals surface area contributed by atoms with Crippen molar-refractivity contribution >= 4 is 23.3 Å². The lowest BCUT2D eigenvalue weighted by atomic mass is 9.99. The molecule has 8 heteroatoms. The van der Waals surface area contributed by atoms with Crippen LogP contribution in [0.25, 0.3) is 0 Å². The summed E-state index contributed by atoms with van der Waals surface area (Å²) in [5.41, 5.74) is 4.25. The van der Waals surface area contributed by atoms with Gasteiger partial charge in [-0.1, -0.05) is 34.0 Å². The third kappa shape index (κ3) is 3.87. The van der Waals surface area contributed by atoms with Crippen molar-refractivity contribution in [2.75, 3.05) is 11.9 Å². The highest BCUT2D eigenvalue weighted by molar-refractivity contribution is 6.30. The van der Waals surface area contributed by atoms with Gasteiger partial charge in [0.25, 0.3) is 0 Å². The SMILES string of the molecule is Cc1noc(C)c1NC(=O)N1CCCC1c1noc(C)c1Cc1ccc(Cl)cc1. The number of likely N-dealkylation sites (tertiary alicyclic amines) is 1. The van der Waals surface area contributed by atoms with Gasteiger partial charge < -0.3 is 19.3 Å². The lowest BCUT2D eigenvalue weighted by molar-refractivity contribution is 0.204. The van der Waals surface area contributed by atoms with E-state index >= 15 is 0 Å². The predicted octanol–water partition coefficient (Wildman–Crippen LogP) is 5.20. The second-order valence-corrected chi connectivity index (χ2v) is 7.82. The summed E-state index contributed by atoms with van der Waals surface area (Å²) < 4.78 is 10.7. The molecule has 1 saturated heterocycles. The zero-order valence-corrected chi connectivity index (χ0v) is 17.4. The van der Waals surface area contributed by atoms with Crippen LogP contribution in [0, 0.1) is 20.8 Å². The zero-order chi connectivity index (χ0) is 20.5. The van der Waals surface area contributed by atoms with Crippen molar-refractivity contribution in [2.24, 2.45) is 0 Å². The Labute approximate surface area is 174 Å². The molecule has 152 valence electrons. The minimum Gasteiger partial charge on any atom is -0.361 e. The highest BCUT2D eigenvalue weighted by atomic mass is 35.5. The molecule has 3 heterocycles. The van der Waals surface area contributed by atoms with Gasteiger partial charge in [-0.15, -0.1) is 0 Å². The van der Waals surface area contributed by atoms with E-state index in [0.717, 1.165) is 35.4 Å². The molecule has 4 rings (SSSR count). The number of aromatic nitrogens is 2. The molecule has 0 bridgehead atoms. The monoisotopic (exact) mass is 414 g/mol. The molecule has 0 radical (unpaired) electrons. The topological polar surface area (TPSA) is 84.4 Å². The predicted molar refractivity (Wildman–Crippen MR) is 109 cm³/mol. The number of halogens is 1. The molecule has 0 spiro atoms. The van der Waals surface area contributed by atoms with Gasteiger partial charge in [-0.25, -0.2) is 4.79 Å². The molecule has 1 unspecified atom stereocenters. The van der Waals surface area contributed by atoms with Gasteiger partial charge in [0.2, 0.25) is 0 Å². The number of anilines is 1. The highest BCUT2D eigenvalue weighted by Gasteiger charge is 2.35. The summed E-state index contributed by atoms with van der Waals surface area (Å²) in [6.07, 6.45) is 2.43. The van der Waals surface area contributed by atoms with Crippen molar-refractivity contribution in [3.8, 4) is 0 Å². The number of nitrogens with zero attached hydrogens (tertiary/aromatic N) is 3. The molecule has 3 aromatic rings. The summed E-state index contributed by atoms with van der Waals surface area (Å²) in [5.74, 6) is 1.36. The first-order chi connectivity index (χ1) is 13.9. The fourth-order valence-electron chi connectivity index (χ4n) is 3.83. The van der Waals surface area contributed by atoms with E-state index in [4.69, 9.17) is 20.6 Å². The molecular weight excluding hydrogens is 392 g/mol. The highest BCUT2D eigenvalue weighted by Crippen LogP contribution is 2.36. The fraction of sp³-hybridized carbons (Fsp3) is 0.381. The summed E-state index contributed by atoms with van der Waals surface area (Å²) in [4.78, 5) is 14.8. The molecule has 2 amide bonds. The number of urea groups is 1. The van der Waals surface area contributed by atoms with Crippen LogP contribution in [0.2, 0.25) is 5.02 Å². The number of hydrogen-bond acceptors (Lipinski definition) is 5. The van der Waals surface area contributed by atoms with Crippen molar-refractivity contribution in [3.63, 3.8) is 0 Å². The zero-order valence-electron chi connectivity index (χ0n) is 16.7. The van der Waals surface area contributed by atoms with Crippen molar-refractivity contribution in [1.82, 2.24) is 15.2 Å². The van der Waals surface area contributed by atoms with Crippen LogP contribution < -0.4 is 5.32 Å². The molecule has 1 aliphatic heterocycles. The van der Waals surface area contributed by atoms with Gasteiger partial charge in [0.05, 0.1) is 6.04 Å². The van der Waals surface area contributed by atoms with Gasteiger partial charge in [0.15, 0.2) is 5.76 Å². The van der Waals surface area contributed by atoms with Crippen molar-refractivity contribution in [2.45, 2.75) is 46.1 Å². The molecule has 0 aliphatic carbocycles. The fourth-order valence-corrected chi connectivity index (χ4v) is 3.95. The second kappa shape index (κ2) is 7.91. The first-order valence-electron chi connectivity index (χ1n) is 9.64. The summed E-state index contributed by atoms with van der Waals surface area (Å²) in [5, 5.41) is 11.9. The van der Waals surface area contributed by atoms with Crippen LogP contribution >= 0.6 is 11.6 Å². The smallest absolute Gasteiger partial charge is 0.322 e. The minimum atomic E-state index is -0.181. The van der Waals surface area contributed by atoms with Gasteiger partial charge in [0, 0.05) is 23.6 Å². The van der Waals surface area contributed by atoms with E-state index in [1.165, 1.54) is 0 Å². The van der Waals surface area contributed by atoms with Gasteiger partial charge in [-0.05, 0) is 51.3 Å². The Morgan fingerprint density at radius 2 is 1.90 bits per heavy atom. The van der Waals surface area contributed by atoms with Crippen LogP contribution in [0.1, 0.15) is 52.9 Å². The van der Waals surface area contributed by atoms with E-state index in [1.807, 2.05) is 36.1 Å². The first kappa shape index (κ1) is 19.5. The maximum absolute atomic E-state index is 13.0. The average Bonchev–Trinajstić information content (AvgIpc) is 3.40. The summed E-state index contributed by atoms with van der Waals surface area (Å²) >= 11 is 6.00. The van der Waals surface area contributed by atoms with E-state index in [-0.39, 0.29) is 12.1 Å². The molecule has 1 atom stereocenters. The van der Waals surface area contributed by atoms with Gasteiger partial charge in [-0.2, -0.15) is 0 Å². The molecule has 1 fully saturated rings. The Balaban J connectivity index is 1.57. The summed E-state index contributed by atoms with van der Waals surface area (Å²) in [7, 11) is 0. The maximum atomic E-state index is 13.0. The second-order valence-electron chi connectivity index (χ2n) is 7.39. The third-order valence-electron chi connectivity index (χ3n) is 5.40. The van der Waals surface area contributed by atoms with E-state index in [0.29, 0.717) is 35.1 Å². The molecule has 1 aliphatic rings. The number of carbonyl (C=O) groups excluding carboxylic acids is 1. The lowest BCUT2D eigenvalue weighted by Crippen LogP contribution is -2.35. The van der Waals surface area contributed by atoms with Gasteiger partial charge in [0.1, 0.15) is 22.8 Å². The molecule has 2 aromatic heterocycles. The van der Waals surface area contributed by atoms with E-state index < -0.39 is 0 Å². The molecule has 29 heavy (non-hydrogen) atoms. The number of rotatable bonds is 4. The van der Waals surface area contributed by atoms with Crippen LogP contribution in [-0.4, -0.2) is 27.8 Å². The molecule has 1 N–H and O–H groups in total.